The predicted octanol–water partition coefficient (Wildman–Crippen LogP) is 5.18. The highest BCUT2D eigenvalue weighted by Gasteiger charge is 2.30. The van der Waals surface area contributed by atoms with Crippen molar-refractivity contribution in [2.45, 2.75) is 26.1 Å². The molecule has 0 aliphatic carbocycles. The molecule has 1 aromatic heterocycles. The number of alkyl halides is 3. The first-order valence-corrected chi connectivity index (χ1v) is 11.2. The molecule has 0 atom stereocenters. The molecule has 0 spiro atoms. The highest BCUT2D eigenvalue weighted by atomic mass is 19.4. The zero-order valence-corrected chi connectivity index (χ0v) is 19.3. The van der Waals surface area contributed by atoms with E-state index in [0.717, 1.165) is 42.9 Å². The second-order valence-electron chi connectivity index (χ2n) is 7.89. The molecule has 0 aliphatic heterocycles. The largest absolute Gasteiger partial charge is 0.416 e. The van der Waals surface area contributed by atoms with E-state index in [1.807, 2.05) is 44.3 Å². The van der Waals surface area contributed by atoms with Crippen LogP contribution >= 0.6 is 0 Å². The van der Waals surface area contributed by atoms with Crippen molar-refractivity contribution in [1.82, 2.24) is 14.7 Å². The Morgan fingerprint density at radius 1 is 1.09 bits per heavy atom. The summed E-state index contributed by atoms with van der Waals surface area (Å²) in [5.41, 5.74) is 1.05. The summed E-state index contributed by atoms with van der Waals surface area (Å²) in [4.78, 5) is 15.0. The lowest BCUT2D eigenvalue weighted by atomic mass is 10.1. The van der Waals surface area contributed by atoms with E-state index in [-0.39, 0.29) is 11.4 Å². The number of ether oxygens (including phenoxy) is 1. The van der Waals surface area contributed by atoms with Crippen LogP contribution in [0.3, 0.4) is 0 Å². The number of nitrogens with zero attached hydrogens (tertiary/aromatic N) is 3. The highest BCUT2D eigenvalue weighted by molar-refractivity contribution is 6.03. The summed E-state index contributed by atoms with van der Waals surface area (Å²) in [7, 11) is 2.02. The van der Waals surface area contributed by atoms with E-state index in [2.05, 4.69) is 15.3 Å². The topological polar surface area (TPSA) is 59.4 Å². The monoisotopic (exact) mass is 474 g/mol. The van der Waals surface area contributed by atoms with Crippen molar-refractivity contribution in [3.8, 4) is 11.3 Å². The fourth-order valence-corrected chi connectivity index (χ4v) is 3.47. The van der Waals surface area contributed by atoms with Gasteiger partial charge in [-0.05, 0) is 56.8 Å². The van der Waals surface area contributed by atoms with Crippen LogP contribution in [0.25, 0.3) is 11.3 Å². The maximum absolute atomic E-state index is 13.0. The van der Waals surface area contributed by atoms with Gasteiger partial charge in [0.25, 0.3) is 5.91 Å². The van der Waals surface area contributed by atoms with E-state index >= 15 is 0 Å². The van der Waals surface area contributed by atoms with Crippen LogP contribution in [0.5, 0.6) is 0 Å². The Hall–Kier alpha value is -3.17. The van der Waals surface area contributed by atoms with Gasteiger partial charge in [-0.1, -0.05) is 36.4 Å². The Labute approximate surface area is 197 Å². The average Bonchev–Trinajstić information content (AvgIpc) is 3.24. The fourth-order valence-electron chi connectivity index (χ4n) is 3.47. The van der Waals surface area contributed by atoms with E-state index in [4.69, 9.17) is 4.74 Å². The predicted molar refractivity (Wildman–Crippen MR) is 126 cm³/mol. The third-order valence-corrected chi connectivity index (χ3v) is 5.26. The summed E-state index contributed by atoms with van der Waals surface area (Å²) in [5.74, 6) is -0.566. The standard InChI is InChI=1S/C25H29F3N4O2/c1-3-34-16-15-31(2)13-8-14-32-23(19-9-5-4-6-10-19)18-22(30-32)24(33)29-21-12-7-11-20(17-21)25(26,27)28/h4-7,9-12,17-18H,3,8,13-16H2,1-2H3,(H,29,33). The van der Waals surface area contributed by atoms with Crippen LogP contribution in [0.15, 0.2) is 60.7 Å². The van der Waals surface area contributed by atoms with Gasteiger partial charge in [-0.2, -0.15) is 18.3 Å². The molecular formula is C25H29F3N4O2. The molecule has 0 saturated carbocycles. The van der Waals surface area contributed by atoms with Gasteiger partial charge in [0.05, 0.1) is 17.9 Å². The normalized spacial score (nSPS) is 11.7. The van der Waals surface area contributed by atoms with Crippen LogP contribution in [0.4, 0.5) is 18.9 Å². The molecule has 3 aromatic rings. The van der Waals surface area contributed by atoms with Crippen molar-refractivity contribution in [3.63, 3.8) is 0 Å². The van der Waals surface area contributed by atoms with Crippen LogP contribution in [0.1, 0.15) is 29.4 Å². The molecular weight excluding hydrogens is 445 g/mol. The second-order valence-corrected chi connectivity index (χ2v) is 7.89. The van der Waals surface area contributed by atoms with Gasteiger partial charge in [0.15, 0.2) is 5.69 Å². The van der Waals surface area contributed by atoms with E-state index in [9.17, 15) is 18.0 Å². The second kappa shape index (κ2) is 11.8. The third kappa shape index (κ3) is 7.16. The van der Waals surface area contributed by atoms with Gasteiger partial charge in [-0.25, -0.2) is 0 Å². The summed E-state index contributed by atoms with van der Waals surface area (Å²) in [5, 5.41) is 6.99. The van der Waals surface area contributed by atoms with Crippen molar-refractivity contribution in [2.75, 3.05) is 38.7 Å². The van der Waals surface area contributed by atoms with Crippen molar-refractivity contribution in [3.05, 3.63) is 71.9 Å². The zero-order valence-electron chi connectivity index (χ0n) is 19.3. The first-order valence-electron chi connectivity index (χ1n) is 11.2. The first kappa shape index (κ1) is 25.5. The van der Waals surface area contributed by atoms with E-state index < -0.39 is 17.6 Å². The Balaban J connectivity index is 1.74. The molecule has 182 valence electrons. The Kier molecular flexibility index (Phi) is 8.84. The lowest BCUT2D eigenvalue weighted by Gasteiger charge is -2.16. The van der Waals surface area contributed by atoms with Crippen LogP contribution in [-0.2, 0) is 17.5 Å². The summed E-state index contributed by atoms with van der Waals surface area (Å²) in [6, 6.07) is 15.8. The maximum Gasteiger partial charge on any atom is 0.416 e. The number of benzene rings is 2. The molecule has 34 heavy (non-hydrogen) atoms. The number of hydrogen-bond acceptors (Lipinski definition) is 4. The van der Waals surface area contributed by atoms with Crippen molar-refractivity contribution < 1.29 is 22.7 Å². The molecule has 6 nitrogen and oxygen atoms in total. The van der Waals surface area contributed by atoms with Crippen LogP contribution < -0.4 is 5.32 Å². The summed E-state index contributed by atoms with van der Waals surface area (Å²) in [6.45, 7) is 5.55. The Morgan fingerprint density at radius 2 is 1.85 bits per heavy atom. The molecule has 0 aliphatic rings. The molecule has 0 radical (unpaired) electrons. The molecule has 9 heteroatoms. The third-order valence-electron chi connectivity index (χ3n) is 5.26. The van der Waals surface area contributed by atoms with Gasteiger partial charge in [-0.3, -0.25) is 9.48 Å². The molecule has 0 fully saturated rings. The van der Waals surface area contributed by atoms with Gasteiger partial charge in [0, 0.05) is 25.4 Å². The van der Waals surface area contributed by atoms with Gasteiger partial charge in [-0.15, -0.1) is 0 Å². The van der Waals surface area contributed by atoms with Crippen molar-refractivity contribution >= 4 is 11.6 Å². The summed E-state index contributed by atoms with van der Waals surface area (Å²) < 4.78 is 46.1. The maximum atomic E-state index is 13.0. The lowest BCUT2D eigenvalue weighted by molar-refractivity contribution is -0.137. The molecule has 1 N–H and O–H groups in total. The minimum absolute atomic E-state index is 0.0616. The molecule has 1 amide bonds. The number of halogens is 3. The molecule has 0 saturated heterocycles. The Bertz CT molecular complexity index is 1070. The van der Waals surface area contributed by atoms with Crippen LogP contribution in [0, 0.1) is 0 Å². The van der Waals surface area contributed by atoms with Crippen LogP contribution in [-0.4, -0.2) is 53.9 Å². The zero-order chi connectivity index (χ0) is 24.6. The number of nitrogens with one attached hydrogen (secondary N) is 1. The van der Waals surface area contributed by atoms with Gasteiger partial charge < -0.3 is 15.0 Å². The minimum Gasteiger partial charge on any atom is -0.380 e. The number of anilines is 1. The quantitative estimate of drug-likeness (QED) is 0.389. The molecule has 1 heterocycles. The minimum atomic E-state index is -4.49. The van der Waals surface area contributed by atoms with Gasteiger partial charge in [0.2, 0.25) is 0 Å². The summed E-state index contributed by atoms with van der Waals surface area (Å²) >= 11 is 0. The van der Waals surface area contributed by atoms with E-state index in [0.29, 0.717) is 19.8 Å². The van der Waals surface area contributed by atoms with Gasteiger partial charge >= 0.3 is 6.18 Å². The number of likely N-dealkylation sites (N-methyl/N-ethyl adjacent to an activating group) is 1. The lowest BCUT2D eigenvalue weighted by Crippen LogP contribution is -2.25. The number of hydrogen-bond donors (Lipinski definition) is 1. The number of rotatable bonds is 11. The fraction of sp³-hybridized carbons (Fsp3) is 0.360. The number of aryl methyl sites for hydroxylation is 1. The van der Waals surface area contributed by atoms with Gasteiger partial charge in [0.1, 0.15) is 0 Å². The van der Waals surface area contributed by atoms with E-state index in [1.165, 1.54) is 12.1 Å². The van der Waals surface area contributed by atoms with Crippen LogP contribution in [0.2, 0.25) is 0 Å². The number of carbonyl (C=O) groups is 1. The van der Waals surface area contributed by atoms with Crippen molar-refractivity contribution in [2.24, 2.45) is 0 Å². The first-order chi connectivity index (χ1) is 16.3. The summed E-state index contributed by atoms with van der Waals surface area (Å²) in [6.07, 6.45) is -3.68. The smallest absolute Gasteiger partial charge is 0.380 e. The van der Waals surface area contributed by atoms with E-state index in [1.54, 1.807) is 10.7 Å². The highest BCUT2D eigenvalue weighted by Crippen LogP contribution is 2.31. The number of aromatic nitrogens is 2. The molecule has 3 rings (SSSR count). The molecule has 0 bridgehead atoms. The molecule has 2 aromatic carbocycles. The SMILES string of the molecule is CCOCCN(C)CCCn1nc(C(=O)Nc2cccc(C(F)(F)F)c2)cc1-c1ccccc1. The van der Waals surface area contributed by atoms with Crippen molar-refractivity contribution in [1.29, 1.82) is 0 Å². The average molecular weight is 475 g/mol. The molecule has 0 unspecified atom stereocenters. The number of carbonyl (C=O) groups excluding carboxylic acids is 1. The Morgan fingerprint density at radius 3 is 2.56 bits per heavy atom. The number of amides is 1.